The van der Waals surface area contributed by atoms with Crippen molar-refractivity contribution in [2.75, 3.05) is 21.3 Å². The Bertz CT molecular complexity index is 32.6. The Morgan fingerprint density at radius 2 is 1.17 bits per heavy atom. The van der Waals surface area contributed by atoms with Gasteiger partial charge >= 0.3 is 0 Å². The number of aliphatic hydroxyl groups is 3. The Labute approximate surface area is 90.7 Å². The average Bonchev–Trinajstić information content (AvgIpc) is 2.15. The largest absolute Gasteiger partial charge is 0.400 e. The van der Waals surface area contributed by atoms with Gasteiger partial charge in [-0.05, 0) is 6.04 Å². The van der Waals surface area contributed by atoms with E-state index in [9.17, 15) is 0 Å². The number of hydrogen-bond acceptors (Lipinski definition) is 4. The molecule has 0 heterocycles. The van der Waals surface area contributed by atoms with Crippen molar-refractivity contribution in [3.8, 4) is 0 Å². The van der Waals surface area contributed by atoms with Crippen LogP contribution < -0.4 is 5.73 Å². The molecule has 78 valence electrons. The summed E-state index contributed by atoms with van der Waals surface area (Å²) < 4.78 is 0. The quantitative estimate of drug-likeness (QED) is 0.347. The summed E-state index contributed by atoms with van der Waals surface area (Å²) in [5, 5.41) is 21.0. The molecule has 4 nitrogen and oxygen atoms in total. The minimum Gasteiger partial charge on any atom is -0.400 e. The summed E-state index contributed by atoms with van der Waals surface area (Å²) in [6.07, 6.45) is 0.833. The van der Waals surface area contributed by atoms with E-state index in [-0.39, 0.29) is 27.8 Å². The number of rotatable bonds is 1. The molecule has 12 heavy (non-hydrogen) atoms. The maximum absolute atomic E-state index is 7.00. The topological polar surface area (TPSA) is 86.7 Å². The van der Waals surface area contributed by atoms with Crippen molar-refractivity contribution in [1.82, 2.24) is 0 Å². The van der Waals surface area contributed by atoms with E-state index >= 15 is 0 Å². The van der Waals surface area contributed by atoms with Crippen LogP contribution in [0.5, 0.6) is 0 Å². The zero-order chi connectivity index (χ0) is 10.3. The standard InChI is InChI=1S/C4H10N.3CH4O.Ti/c1-3-4(2)5;3*1-2;/h4H,1,3,5H2,2H3;3*2H,1H3;/q-1;;;;. The maximum Gasteiger partial charge on any atom is 0.0319 e. The molecular weight excluding hydrogens is 194 g/mol. The van der Waals surface area contributed by atoms with Gasteiger partial charge in [0.1, 0.15) is 0 Å². The minimum atomic E-state index is 0. The van der Waals surface area contributed by atoms with Crippen molar-refractivity contribution < 1.29 is 37.0 Å². The fourth-order valence-electron chi connectivity index (χ4n) is 0. The Kier molecular flexibility index (Phi) is 152. The molecule has 0 spiro atoms. The molecule has 5 N–H and O–H groups in total. The summed E-state index contributed by atoms with van der Waals surface area (Å²) in [7, 11) is 3.00. The van der Waals surface area contributed by atoms with E-state index < -0.39 is 0 Å². The SMILES string of the molecule is CO.CO.CO.[CH2-]CC(C)N.[Ti]. The van der Waals surface area contributed by atoms with Crippen molar-refractivity contribution in [3.63, 3.8) is 0 Å². The van der Waals surface area contributed by atoms with Crippen LogP contribution in [0.3, 0.4) is 0 Å². The Balaban J connectivity index is -0.0000000203. The van der Waals surface area contributed by atoms with E-state index in [0.717, 1.165) is 27.8 Å². The Hall–Kier alpha value is 0.554. The molecule has 0 fully saturated rings. The molecule has 0 aromatic heterocycles. The van der Waals surface area contributed by atoms with Gasteiger partial charge in [-0.1, -0.05) is 6.92 Å². The van der Waals surface area contributed by atoms with E-state index in [1.165, 1.54) is 0 Å². The van der Waals surface area contributed by atoms with Crippen LogP contribution in [0.25, 0.3) is 0 Å². The third-order valence-electron chi connectivity index (χ3n) is 0.455. The fraction of sp³-hybridized carbons (Fsp3) is 0.857. The third-order valence-corrected chi connectivity index (χ3v) is 0.455. The second kappa shape index (κ2) is 62.1. The van der Waals surface area contributed by atoms with Crippen LogP contribution in [0.4, 0.5) is 0 Å². The molecule has 0 amide bonds. The first-order chi connectivity index (χ1) is 5.27. The predicted molar refractivity (Wildman–Crippen MR) is 48.1 cm³/mol. The van der Waals surface area contributed by atoms with Crippen LogP contribution in [-0.2, 0) is 21.7 Å². The fourth-order valence-corrected chi connectivity index (χ4v) is 0. The van der Waals surface area contributed by atoms with Crippen molar-refractivity contribution in [3.05, 3.63) is 6.92 Å². The molecule has 0 aliphatic carbocycles. The second-order valence-corrected chi connectivity index (χ2v) is 1.27. The third kappa shape index (κ3) is 148. The molecular formula is C7H22NO3Ti-. The van der Waals surface area contributed by atoms with Gasteiger partial charge < -0.3 is 28.0 Å². The molecule has 0 aliphatic rings. The van der Waals surface area contributed by atoms with Crippen molar-refractivity contribution in [2.45, 2.75) is 19.4 Å². The van der Waals surface area contributed by atoms with E-state index in [1.807, 2.05) is 6.92 Å². The van der Waals surface area contributed by atoms with E-state index in [2.05, 4.69) is 6.92 Å². The van der Waals surface area contributed by atoms with Gasteiger partial charge in [-0.25, -0.2) is 0 Å². The Morgan fingerprint density at radius 1 is 1.08 bits per heavy atom. The van der Waals surface area contributed by atoms with Crippen molar-refractivity contribution >= 4 is 0 Å². The molecule has 5 heteroatoms. The summed E-state index contributed by atoms with van der Waals surface area (Å²) in [5.41, 5.74) is 5.23. The Morgan fingerprint density at radius 3 is 1.17 bits per heavy atom. The van der Waals surface area contributed by atoms with Gasteiger partial charge in [0, 0.05) is 43.0 Å². The van der Waals surface area contributed by atoms with Gasteiger partial charge in [-0.3, -0.25) is 0 Å². The molecule has 0 rings (SSSR count). The van der Waals surface area contributed by atoms with Crippen LogP contribution in [-0.4, -0.2) is 42.7 Å². The zero-order valence-corrected chi connectivity index (χ0v) is 9.97. The molecule has 1 unspecified atom stereocenters. The summed E-state index contributed by atoms with van der Waals surface area (Å²) in [6, 6.07) is 0.273. The average molecular weight is 216 g/mol. The summed E-state index contributed by atoms with van der Waals surface area (Å²) in [6.45, 7) is 5.50. The molecule has 0 saturated carbocycles. The van der Waals surface area contributed by atoms with Crippen LogP contribution in [0, 0.1) is 6.92 Å². The number of nitrogens with two attached hydrogens (primary N) is 1. The minimum absolute atomic E-state index is 0. The van der Waals surface area contributed by atoms with Crippen molar-refractivity contribution in [2.24, 2.45) is 5.73 Å². The molecule has 0 aromatic carbocycles. The normalized spacial score (nSPS) is 7.75. The van der Waals surface area contributed by atoms with Crippen LogP contribution in [0.1, 0.15) is 13.3 Å². The van der Waals surface area contributed by atoms with Gasteiger partial charge in [-0.2, -0.15) is 6.42 Å². The van der Waals surface area contributed by atoms with Gasteiger partial charge in [0.2, 0.25) is 0 Å². The monoisotopic (exact) mass is 216 g/mol. The van der Waals surface area contributed by atoms with Gasteiger partial charge in [0.05, 0.1) is 0 Å². The smallest absolute Gasteiger partial charge is 0.0319 e. The van der Waals surface area contributed by atoms with E-state index in [0.29, 0.717) is 0 Å². The van der Waals surface area contributed by atoms with Crippen LogP contribution in [0.2, 0.25) is 0 Å². The first-order valence-electron chi connectivity index (χ1n) is 3.16. The molecule has 0 radical (unpaired) electrons. The molecule has 0 saturated heterocycles. The molecule has 0 bridgehead atoms. The first kappa shape index (κ1) is 29.4. The van der Waals surface area contributed by atoms with Crippen LogP contribution in [0.15, 0.2) is 0 Å². The van der Waals surface area contributed by atoms with E-state index in [1.54, 1.807) is 0 Å². The van der Waals surface area contributed by atoms with Crippen molar-refractivity contribution in [1.29, 1.82) is 0 Å². The maximum atomic E-state index is 7.00. The van der Waals surface area contributed by atoms with Gasteiger partial charge in [0.25, 0.3) is 0 Å². The predicted octanol–water partition coefficient (Wildman–Crippen LogP) is -0.619. The molecule has 0 aromatic rings. The number of aliphatic hydroxyl groups excluding tert-OH is 3. The van der Waals surface area contributed by atoms with Gasteiger partial charge in [-0.15, -0.1) is 0 Å². The molecule has 0 aliphatic heterocycles. The summed E-state index contributed by atoms with van der Waals surface area (Å²) >= 11 is 0. The number of hydrogen-bond donors (Lipinski definition) is 4. The zero-order valence-electron chi connectivity index (χ0n) is 8.41. The summed E-state index contributed by atoms with van der Waals surface area (Å²) in [5.74, 6) is 0. The molecule has 1 atom stereocenters. The van der Waals surface area contributed by atoms with Gasteiger partial charge in [0.15, 0.2) is 0 Å². The second-order valence-electron chi connectivity index (χ2n) is 1.27. The van der Waals surface area contributed by atoms with Crippen LogP contribution >= 0.6 is 0 Å². The summed E-state index contributed by atoms with van der Waals surface area (Å²) in [4.78, 5) is 0. The van der Waals surface area contributed by atoms with E-state index in [4.69, 9.17) is 21.1 Å². The first-order valence-corrected chi connectivity index (χ1v) is 3.16.